The lowest BCUT2D eigenvalue weighted by Gasteiger charge is -2.26. The van der Waals surface area contributed by atoms with Crippen molar-refractivity contribution in [1.82, 2.24) is 5.32 Å². The number of esters is 1. The van der Waals surface area contributed by atoms with E-state index < -0.39 is 23.8 Å². The minimum Gasteiger partial charge on any atom is -0.492 e. The number of urea groups is 1. The van der Waals surface area contributed by atoms with Crippen molar-refractivity contribution in [2.24, 2.45) is 0 Å². The van der Waals surface area contributed by atoms with Crippen LogP contribution in [0.5, 0.6) is 5.75 Å². The van der Waals surface area contributed by atoms with Crippen molar-refractivity contribution in [2.45, 2.75) is 6.92 Å². The van der Waals surface area contributed by atoms with Crippen molar-refractivity contribution >= 4 is 58.8 Å². The molecule has 0 unspecified atom stereocenters. The van der Waals surface area contributed by atoms with Crippen LogP contribution < -0.4 is 15.0 Å². The molecule has 0 bridgehead atoms. The number of barbiturate groups is 1. The smallest absolute Gasteiger partial charge is 0.337 e. The van der Waals surface area contributed by atoms with E-state index in [0.717, 1.165) is 4.90 Å². The number of nitrogens with zero attached hydrogens (tertiary/aromatic N) is 1. The predicted molar refractivity (Wildman–Crippen MR) is 114 cm³/mol. The molecule has 1 aliphatic heterocycles. The van der Waals surface area contributed by atoms with Crippen LogP contribution in [0.4, 0.5) is 10.5 Å². The molecule has 0 aromatic heterocycles. The Balaban J connectivity index is 2.03. The normalized spacial score (nSPS) is 15.2. The summed E-state index contributed by atoms with van der Waals surface area (Å²) in [5, 5.41) is 2.60. The van der Waals surface area contributed by atoms with Gasteiger partial charge in [0.2, 0.25) is 0 Å². The SMILES string of the molecule is CCOc1c(Cl)cc(Cl)cc1/C=C1\C(=O)NC(=O)N(c2ccc(C(=O)OC)cc2)C1=O. The van der Waals surface area contributed by atoms with Crippen molar-refractivity contribution < 1.29 is 28.7 Å². The number of carbonyl (C=O) groups is 4. The van der Waals surface area contributed by atoms with E-state index in [1.807, 2.05) is 0 Å². The van der Waals surface area contributed by atoms with Gasteiger partial charge in [0.15, 0.2) is 0 Å². The van der Waals surface area contributed by atoms with E-state index >= 15 is 0 Å². The molecular formula is C21H16Cl2N2O6. The Morgan fingerprint density at radius 1 is 1.13 bits per heavy atom. The number of anilines is 1. The lowest BCUT2D eigenvalue weighted by Crippen LogP contribution is -2.54. The van der Waals surface area contributed by atoms with Gasteiger partial charge in [-0.15, -0.1) is 0 Å². The van der Waals surface area contributed by atoms with E-state index in [1.54, 1.807) is 6.92 Å². The third-order valence-corrected chi connectivity index (χ3v) is 4.77. The molecule has 2 aromatic rings. The van der Waals surface area contributed by atoms with E-state index in [4.69, 9.17) is 27.9 Å². The number of ether oxygens (including phenoxy) is 2. The topological polar surface area (TPSA) is 102 Å². The Bertz CT molecular complexity index is 1110. The van der Waals surface area contributed by atoms with Gasteiger partial charge in [0.05, 0.1) is 30.0 Å². The zero-order valence-electron chi connectivity index (χ0n) is 16.4. The van der Waals surface area contributed by atoms with Crippen molar-refractivity contribution in [3.05, 3.63) is 63.1 Å². The van der Waals surface area contributed by atoms with Crippen molar-refractivity contribution in [3.8, 4) is 5.75 Å². The van der Waals surface area contributed by atoms with E-state index in [9.17, 15) is 19.2 Å². The van der Waals surface area contributed by atoms with Crippen molar-refractivity contribution in [2.75, 3.05) is 18.6 Å². The van der Waals surface area contributed by atoms with Crippen LogP contribution in [0.2, 0.25) is 10.0 Å². The van der Waals surface area contributed by atoms with Crippen LogP contribution in [0.3, 0.4) is 0 Å². The summed E-state index contributed by atoms with van der Waals surface area (Å²) in [6.45, 7) is 2.04. The number of amides is 4. The summed E-state index contributed by atoms with van der Waals surface area (Å²) in [5.41, 5.74) is 0.365. The summed E-state index contributed by atoms with van der Waals surface area (Å²) in [5.74, 6) is -2.07. The highest BCUT2D eigenvalue weighted by molar-refractivity contribution is 6.40. The fraction of sp³-hybridized carbons (Fsp3) is 0.143. The van der Waals surface area contributed by atoms with Crippen LogP contribution >= 0.6 is 23.2 Å². The minimum absolute atomic E-state index is 0.155. The monoisotopic (exact) mass is 462 g/mol. The summed E-state index contributed by atoms with van der Waals surface area (Å²) >= 11 is 12.2. The second-order valence-electron chi connectivity index (χ2n) is 6.24. The zero-order valence-corrected chi connectivity index (χ0v) is 17.9. The first-order chi connectivity index (χ1) is 14.8. The van der Waals surface area contributed by atoms with E-state index in [2.05, 4.69) is 10.1 Å². The number of rotatable bonds is 5. The quantitative estimate of drug-likeness (QED) is 0.411. The molecule has 1 N–H and O–H groups in total. The third-order valence-electron chi connectivity index (χ3n) is 4.27. The largest absolute Gasteiger partial charge is 0.492 e. The summed E-state index contributed by atoms with van der Waals surface area (Å²) in [4.78, 5) is 50.2. The van der Waals surface area contributed by atoms with Gasteiger partial charge in [0.1, 0.15) is 11.3 Å². The molecule has 0 radical (unpaired) electrons. The highest BCUT2D eigenvalue weighted by Gasteiger charge is 2.37. The van der Waals surface area contributed by atoms with Crippen molar-refractivity contribution in [3.63, 3.8) is 0 Å². The fourth-order valence-corrected chi connectivity index (χ4v) is 3.46. The predicted octanol–water partition coefficient (Wildman–Crippen LogP) is 3.85. The van der Waals surface area contributed by atoms with Crippen molar-refractivity contribution in [1.29, 1.82) is 0 Å². The second-order valence-corrected chi connectivity index (χ2v) is 7.08. The molecule has 160 valence electrons. The van der Waals surface area contributed by atoms with Gasteiger partial charge in [-0.25, -0.2) is 14.5 Å². The van der Waals surface area contributed by atoms with Gasteiger partial charge >= 0.3 is 12.0 Å². The van der Waals surface area contributed by atoms with E-state index in [0.29, 0.717) is 5.56 Å². The molecule has 0 atom stereocenters. The number of nitrogens with one attached hydrogen (secondary N) is 1. The Hall–Kier alpha value is -3.36. The summed E-state index contributed by atoms with van der Waals surface area (Å²) in [6.07, 6.45) is 1.25. The maximum Gasteiger partial charge on any atom is 0.337 e. The first kappa shape index (κ1) is 22.3. The van der Waals surface area contributed by atoms with Gasteiger partial charge in [0.25, 0.3) is 11.8 Å². The number of carbonyl (C=O) groups excluding carboxylic acids is 4. The second kappa shape index (κ2) is 9.20. The number of methoxy groups -OCH3 is 1. The van der Waals surface area contributed by atoms with Gasteiger partial charge < -0.3 is 9.47 Å². The molecule has 31 heavy (non-hydrogen) atoms. The Morgan fingerprint density at radius 3 is 2.42 bits per heavy atom. The fourth-order valence-electron chi connectivity index (χ4n) is 2.90. The zero-order chi connectivity index (χ0) is 22.7. The average Bonchev–Trinajstić information content (AvgIpc) is 2.73. The van der Waals surface area contributed by atoms with Crippen LogP contribution in [-0.4, -0.2) is 37.5 Å². The number of benzene rings is 2. The van der Waals surface area contributed by atoms with Crippen LogP contribution in [0, 0.1) is 0 Å². The number of hydrogen-bond acceptors (Lipinski definition) is 6. The molecule has 1 saturated heterocycles. The van der Waals surface area contributed by atoms with Crippen LogP contribution in [-0.2, 0) is 14.3 Å². The third kappa shape index (κ3) is 4.55. The summed E-state index contributed by atoms with van der Waals surface area (Å²) < 4.78 is 10.1. The van der Waals surface area contributed by atoms with Gasteiger partial charge in [-0.2, -0.15) is 0 Å². The summed E-state index contributed by atoms with van der Waals surface area (Å²) in [7, 11) is 1.24. The lowest BCUT2D eigenvalue weighted by molar-refractivity contribution is -0.122. The molecule has 1 aliphatic rings. The molecule has 1 fully saturated rings. The first-order valence-corrected chi connectivity index (χ1v) is 9.74. The number of halogens is 2. The molecule has 0 spiro atoms. The highest BCUT2D eigenvalue weighted by atomic mass is 35.5. The average molecular weight is 463 g/mol. The number of imide groups is 2. The summed E-state index contributed by atoms with van der Waals surface area (Å²) in [6, 6.07) is 7.59. The molecule has 0 saturated carbocycles. The van der Waals surface area contributed by atoms with Gasteiger partial charge in [-0.3, -0.25) is 14.9 Å². The molecular weight excluding hydrogens is 447 g/mol. The highest BCUT2D eigenvalue weighted by Crippen LogP contribution is 2.34. The molecule has 10 heteroatoms. The first-order valence-electron chi connectivity index (χ1n) is 8.98. The molecule has 0 aliphatic carbocycles. The Labute approximate surface area is 187 Å². The maximum atomic E-state index is 13.0. The number of hydrogen-bond donors (Lipinski definition) is 1. The lowest BCUT2D eigenvalue weighted by atomic mass is 10.1. The van der Waals surface area contributed by atoms with Crippen LogP contribution in [0.1, 0.15) is 22.8 Å². The maximum absolute atomic E-state index is 13.0. The molecule has 8 nitrogen and oxygen atoms in total. The molecule has 3 rings (SSSR count). The van der Waals surface area contributed by atoms with Gasteiger partial charge in [-0.05, 0) is 49.4 Å². The molecule has 2 aromatic carbocycles. The molecule has 1 heterocycles. The Kier molecular flexibility index (Phi) is 6.62. The van der Waals surface area contributed by atoms with Gasteiger partial charge in [0, 0.05) is 10.6 Å². The van der Waals surface area contributed by atoms with E-state index in [-0.39, 0.29) is 39.2 Å². The minimum atomic E-state index is -0.924. The molecule has 4 amide bonds. The van der Waals surface area contributed by atoms with Gasteiger partial charge in [-0.1, -0.05) is 23.2 Å². The van der Waals surface area contributed by atoms with Crippen LogP contribution in [0.25, 0.3) is 6.08 Å². The van der Waals surface area contributed by atoms with E-state index in [1.165, 1.54) is 49.6 Å². The Morgan fingerprint density at radius 2 is 1.81 bits per heavy atom. The van der Waals surface area contributed by atoms with Crippen LogP contribution in [0.15, 0.2) is 42.0 Å². The standard InChI is InChI=1S/C21H16Cl2N2O6/c1-3-31-17-12(8-13(22)10-16(17)23)9-15-18(26)24-21(29)25(19(15)27)14-6-4-11(5-7-14)20(28)30-2/h4-10H,3H2,1-2H3,(H,24,26,29)/b15-9+.